The van der Waals surface area contributed by atoms with Crippen molar-refractivity contribution in [1.82, 2.24) is 0 Å². The molecule has 1 N–H and O–H groups in total. The van der Waals surface area contributed by atoms with Gasteiger partial charge in [-0.1, -0.05) is 11.6 Å². The first kappa shape index (κ1) is 16.2. The zero-order chi connectivity index (χ0) is 16.3. The molecule has 0 atom stereocenters. The number of hydrogen-bond acceptors (Lipinski definition) is 2. The molecule has 6 heteroatoms. The van der Waals surface area contributed by atoms with Crippen LogP contribution in [0.5, 0.6) is 5.75 Å². The van der Waals surface area contributed by atoms with E-state index in [2.05, 4.69) is 5.32 Å². The lowest BCUT2D eigenvalue weighted by molar-refractivity contribution is -0.128. The maximum Gasteiger partial charge on any atom is 0.268 e. The second-order valence-electron chi connectivity index (χ2n) is 5.14. The van der Waals surface area contributed by atoms with Gasteiger partial charge in [0, 0.05) is 11.1 Å². The van der Waals surface area contributed by atoms with Crippen molar-refractivity contribution in [3.05, 3.63) is 59.1 Å². The van der Waals surface area contributed by atoms with Gasteiger partial charge in [0.15, 0.2) is 5.60 Å². The van der Waals surface area contributed by atoms with Crippen molar-refractivity contribution in [2.45, 2.75) is 19.4 Å². The average Bonchev–Trinajstić information content (AvgIpc) is 2.44. The van der Waals surface area contributed by atoms with Crippen molar-refractivity contribution in [3.63, 3.8) is 0 Å². The SMILES string of the molecule is CC(C)(Oc1ccc(Cl)cc1)C(=O)Nc1ccc(F)cc1F. The van der Waals surface area contributed by atoms with E-state index in [1.807, 2.05) is 0 Å². The number of ether oxygens (including phenoxy) is 1. The van der Waals surface area contributed by atoms with Gasteiger partial charge in [-0.25, -0.2) is 8.78 Å². The second-order valence-corrected chi connectivity index (χ2v) is 5.58. The molecule has 0 saturated carbocycles. The molecule has 0 heterocycles. The summed E-state index contributed by atoms with van der Waals surface area (Å²) in [6.45, 7) is 3.08. The highest BCUT2D eigenvalue weighted by atomic mass is 35.5. The molecule has 0 bridgehead atoms. The van der Waals surface area contributed by atoms with E-state index in [0.29, 0.717) is 16.8 Å². The number of nitrogens with one attached hydrogen (secondary N) is 1. The van der Waals surface area contributed by atoms with Crippen LogP contribution in [0.2, 0.25) is 5.02 Å². The van der Waals surface area contributed by atoms with E-state index in [9.17, 15) is 13.6 Å². The highest BCUT2D eigenvalue weighted by Crippen LogP contribution is 2.23. The molecule has 2 aromatic carbocycles. The standard InChI is InChI=1S/C16H14ClF2NO2/c1-16(2,22-12-6-3-10(17)4-7-12)15(21)20-14-8-5-11(18)9-13(14)19/h3-9H,1-2H3,(H,20,21). The Balaban J connectivity index is 2.11. The molecule has 2 rings (SSSR count). The second kappa shape index (κ2) is 6.32. The van der Waals surface area contributed by atoms with Crippen molar-refractivity contribution in [3.8, 4) is 5.75 Å². The van der Waals surface area contributed by atoms with Crippen LogP contribution in [0, 0.1) is 11.6 Å². The largest absolute Gasteiger partial charge is 0.478 e. The van der Waals surface area contributed by atoms with E-state index in [-0.39, 0.29) is 5.69 Å². The van der Waals surface area contributed by atoms with Crippen LogP contribution in [-0.4, -0.2) is 11.5 Å². The molecular weight excluding hydrogens is 312 g/mol. The Morgan fingerprint density at radius 3 is 2.36 bits per heavy atom. The summed E-state index contributed by atoms with van der Waals surface area (Å²) in [5.74, 6) is -1.68. The van der Waals surface area contributed by atoms with Gasteiger partial charge in [0.2, 0.25) is 0 Å². The van der Waals surface area contributed by atoms with Crippen LogP contribution in [0.4, 0.5) is 14.5 Å². The monoisotopic (exact) mass is 325 g/mol. The van der Waals surface area contributed by atoms with Gasteiger partial charge in [-0.2, -0.15) is 0 Å². The van der Waals surface area contributed by atoms with Gasteiger partial charge in [0.1, 0.15) is 17.4 Å². The zero-order valence-corrected chi connectivity index (χ0v) is 12.7. The first-order valence-corrected chi connectivity index (χ1v) is 6.87. The molecule has 0 aromatic heterocycles. The summed E-state index contributed by atoms with van der Waals surface area (Å²) >= 11 is 5.78. The number of benzene rings is 2. The average molecular weight is 326 g/mol. The van der Waals surface area contributed by atoms with E-state index >= 15 is 0 Å². The van der Waals surface area contributed by atoms with Crippen LogP contribution in [0.1, 0.15) is 13.8 Å². The normalized spacial score (nSPS) is 11.1. The van der Waals surface area contributed by atoms with E-state index in [1.165, 1.54) is 0 Å². The molecule has 2 aromatic rings. The molecule has 0 saturated heterocycles. The molecule has 0 aliphatic heterocycles. The highest BCUT2D eigenvalue weighted by molar-refractivity contribution is 6.30. The smallest absolute Gasteiger partial charge is 0.268 e. The fourth-order valence-corrected chi connectivity index (χ4v) is 1.83. The van der Waals surface area contributed by atoms with Crippen LogP contribution in [0.3, 0.4) is 0 Å². The molecule has 1 amide bonds. The number of hydrogen-bond donors (Lipinski definition) is 1. The summed E-state index contributed by atoms with van der Waals surface area (Å²) in [5.41, 5.74) is -1.37. The van der Waals surface area contributed by atoms with Gasteiger partial charge in [-0.05, 0) is 50.2 Å². The predicted octanol–water partition coefficient (Wildman–Crippen LogP) is 4.41. The van der Waals surface area contributed by atoms with Crippen LogP contribution in [0.15, 0.2) is 42.5 Å². The van der Waals surface area contributed by atoms with E-state index in [0.717, 1.165) is 12.1 Å². The number of halogens is 3. The third kappa shape index (κ3) is 3.95. The lowest BCUT2D eigenvalue weighted by Crippen LogP contribution is -2.42. The number of anilines is 1. The Bertz CT molecular complexity index is 687. The Morgan fingerprint density at radius 2 is 1.77 bits per heavy atom. The summed E-state index contributed by atoms with van der Waals surface area (Å²) in [6, 6.07) is 9.41. The van der Waals surface area contributed by atoms with Crippen molar-refractivity contribution >= 4 is 23.2 Å². The molecule has 0 aliphatic carbocycles. The van der Waals surface area contributed by atoms with Gasteiger partial charge in [-0.15, -0.1) is 0 Å². The first-order valence-electron chi connectivity index (χ1n) is 6.49. The molecule has 0 radical (unpaired) electrons. The molecule has 0 fully saturated rings. The number of amides is 1. The molecule has 0 unspecified atom stereocenters. The van der Waals surface area contributed by atoms with Gasteiger partial charge >= 0.3 is 0 Å². The van der Waals surface area contributed by atoms with Crippen LogP contribution in [0.25, 0.3) is 0 Å². The van der Waals surface area contributed by atoms with E-state index in [4.69, 9.17) is 16.3 Å². The minimum atomic E-state index is -1.26. The Kier molecular flexibility index (Phi) is 4.66. The van der Waals surface area contributed by atoms with Crippen molar-refractivity contribution in [2.24, 2.45) is 0 Å². The topological polar surface area (TPSA) is 38.3 Å². The Morgan fingerprint density at radius 1 is 1.14 bits per heavy atom. The van der Waals surface area contributed by atoms with E-state index in [1.54, 1.807) is 38.1 Å². The van der Waals surface area contributed by atoms with Gasteiger partial charge in [-0.3, -0.25) is 4.79 Å². The van der Waals surface area contributed by atoms with Crippen molar-refractivity contribution < 1.29 is 18.3 Å². The van der Waals surface area contributed by atoms with Crippen LogP contribution >= 0.6 is 11.6 Å². The summed E-state index contributed by atoms with van der Waals surface area (Å²) in [6.07, 6.45) is 0. The summed E-state index contributed by atoms with van der Waals surface area (Å²) in [7, 11) is 0. The third-order valence-electron chi connectivity index (χ3n) is 2.91. The van der Waals surface area contributed by atoms with Crippen LogP contribution < -0.4 is 10.1 Å². The minimum Gasteiger partial charge on any atom is -0.478 e. The fourth-order valence-electron chi connectivity index (χ4n) is 1.71. The Hall–Kier alpha value is -2.14. The highest BCUT2D eigenvalue weighted by Gasteiger charge is 2.30. The van der Waals surface area contributed by atoms with Gasteiger partial charge in [0.25, 0.3) is 5.91 Å². The molecule has 116 valence electrons. The summed E-state index contributed by atoms with van der Waals surface area (Å²) in [5, 5.41) is 2.92. The maximum atomic E-state index is 13.6. The maximum absolute atomic E-state index is 13.6. The quantitative estimate of drug-likeness (QED) is 0.904. The fraction of sp³-hybridized carbons (Fsp3) is 0.188. The lowest BCUT2D eigenvalue weighted by Gasteiger charge is -2.25. The summed E-state index contributed by atoms with van der Waals surface area (Å²) < 4.78 is 32.0. The molecule has 0 spiro atoms. The Labute approximate surface area is 131 Å². The predicted molar refractivity (Wildman–Crippen MR) is 81.1 cm³/mol. The molecule has 3 nitrogen and oxygen atoms in total. The molecule has 0 aliphatic rings. The number of carbonyl (C=O) groups is 1. The molecular formula is C16H14ClF2NO2. The molecule has 22 heavy (non-hydrogen) atoms. The number of carbonyl (C=O) groups excluding carboxylic acids is 1. The van der Waals surface area contributed by atoms with Gasteiger partial charge < -0.3 is 10.1 Å². The minimum absolute atomic E-state index is 0.112. The van der Waals surface area contributed by atoms with Gasteiger partial charge in [0.05, 0.1) is 5.69 Å². The first-order chi connectivity index (χ1) is 10.3. The van der Waals surface area contributed by atoms with Crippen LogP contribution in [-0.2, 0) is 4.79 Å². The number of rotatable bonds is 4. The summed E-state index contributed by atoms with van der Waals surface area (Å²) in [4.78, 5) is 12.2. The zero-order valence-electron chi connectivity index (χ0n) is 12.0. The van der Waals surface area contributed by atoms with Crippen molar-refractivity contribution in [1.29, 1.82) is 0 Å². The lowest BCUT2D eigenvalue weighted by atomic mass is 10.1. The van der Waals surface area contributed by atoms with E-state index < -0.39 is 23.1 Å². The third-order valence-corrected chi connectivity index (χ3v) is 3.16. The van der Waals surface area contributed by atoms with Crippen molar-refractivity contribution in [2.75, 3.05) is 5.32 Å².